The number of carbonyl (C=O) groups is 1. The molecule has 0 unspecified atom stereocenters. The van der Waals surface area contributed by atoms with Crippen LogP contribution >= 0.6 is 0 Å². The lowest BCUT2D eigenvalue weighted by Crippen LogP contribution is -2.44. The Hall–Kier alpha value is -2.61. The van der Waals surface area contributed by atoms with Gasteiger partial charge < -0.3 is 10.1 Å². The van der Waals surface area contributed by atoms with Gasteiger partial charge in [-0.2, -0.15) is 0 Å². The van der Waals surface area contributed by atoms with E-state index in [4.69, 9.17) is 4.74 Å². The van der Waals surface area contributed by atoms with Crippen LogP contribution in [0.5, 0.6) is 5.75 Å². The van der Waals surface area contributed by atoms with Gasteiger partial charge in [0.2, 0.25) is 15.9 Å². The van der Waals surface area contributed by atoms with E-state index < -0.39 is 28.3 Å². The molecule has 0 saturated carbocycles. The molecule has 0 aliphatic rings. The Balaban J connectivity index is 1.97. The number of rotatable bonds is 8. The number of anilines is 1. The van der Waals surface area contributed by atoms with Crippen molar-refractivity contribution < 1.29 is 22.3 Å². The maximum atomic E-state index is 13.1. The summed E-state index contributed by atoms with van der Waals surface area (Å²) in [5.74, 6) is -0.244. The number of hydrogen-bond acceptors (Lipinski definition) is 4. The van der Waals surface area contributed by atoms with Gasteiger partial charge in [-0.25, -0.2) is 12.8 Å². The SMILES string of the molecule is Cc1ccccc1OC[C@@H](C)NC(=O)CN(c1ccc(F)cc1)S(C)(=O)=O. The topological polar surface area (TPSA) is 75.7 Å². The van der Waals surface area contributed by atoms with Crippen LogP contribution in [0.25, 0.3) is 0 Å². The number of halogens is 1. The molecule has 2 rings (SSSR count). The Bertz CT molecular complexity index is 885. The Labute approximate surface area is 159 Å². The molecule has 0 saturated heterocycles. The molecule has 1 amide bonds. The first-order valence-corrected chi connectivity index (χ1v) is 10.2. The molecule has 8 heteroatoms. The van der Waals surface area contributed by atoms with E-state index in [0.717, 1.165) is 34.0 Å². The molecule has 1 atom stereocenters. The predicted molar refractivity (Wildman–Crippen MR) is 103 cm³/mol. The van der Waals surface area contributed by atoms with Crippen LogP contribution in [0, 0.1) is 12.7 Å². The fourth-order valence-corrected chi connectivity index (χ4v) is 3.29. The van der Waals surface area contributed by atoms with Crippen molar-refractivity contribution in [3.63, 3.8) is 0 Å². The van der Waals surface area contributed by atoms with E-state index >= 15 is 0 Å². The Kier molecular flexibility index (Phi) is 6.79. The van der Waals surface area contributed by atoms with Crippen molar-refractivity contribution in [2.24, 2.45) is 0 Å². The highest BCUT2D eigenvalue weighted by Crippen LogP contribution is 2.18. The van der Waals surface area contributed by atoms with Gasteiger partial charge in [-0.3, -0.25) is 9.10 Å². The largest absolute Gasteiger partial charge is 0.491 e. The minimum atomic E-state index is -3.70. The monoisotopic (exact) mass is 394 g/mol. The lowest BCUT2D eigenvalue weighted by molar-refractivity contribution is -0.120. The quantitative estimate of drug-likeness (QED) is 0.746. The number of aryl methyl sites for hydroxylation is 1. The van der Waals surface area contributed by atoms with Gasteiger partial charge in [-0.1, -0.05) is 18.2 Å². The maximum absolute atomic E-state index is 13.1. The number of para-hydroxylation sites is 1. The third-order valence-electron chi connectivity index (χ3n) is 3.79. The number of carbonyl (C=O) groups excluding carboxylic acids is 1. The van der Waals surface area contributed by atoms with Crippen LogP contribution in [0.2, 0.25) is 0 Å². The molecule has 0 aromatic heterocycles. The van der Waals surface area contributed by atoms with Gasteiger partial charge >= 0.3 is 0 Å². The van der Waals surface area contributed by atoms with Crippen molar-refractivity contribution in [2.45, 2.75) is 19.9 Å². The van der Waals surface area contributed by atoms with Gasteiger partial charge in [-0.15, -0.1) is 0 Å². The number of hydrogen-bond donors (Lipinski definition) is 1. The maximum Gasteiger partial charge on any atom is 0.241 e. The summed E-state index contributed by atoms with van der Waals surface area (Å²) >= 11 is 0. The highest BCUT2D eigenvalue weighted by Gasteiger charge is 2.21. The van der Waals surface area contributed by atoms with Crippen LogP contribution in [0.15, 0.2) is 48.5 Å². The van der Waals surface area contributed by atoms with Gasteiger partial charge in [0, 0.05) is 0 Å². The van der Waals surface area contributed by atoms with Crippen molar-refractivity contribution in [2.75, 3.05) is 23.7 Å². The molecule has 0 aliphatic heterocycles. The normalized spacial score (nSPS) is 12.3. The van der Waals surface area contributed by atoms with E-state index in [-0.39, 0.29) is 18.3 Å². The van der Waals surface area contributed by atoms with Gasteiger partial charge in [0.25, 0.3) is 0 Å². The van der Waals surface area contributed by atoms with Crippen LogP contribution in [0.3, 0.4) is 0 Å². The summed E-state index contributed by atoms with van der Waals surface area (Å²) in [4.78, 5) is 12.3. The van der Waals surface area contributed by atoms with Gasteiger partial charge in [-0.05, 0) is 49.7 Å². The predicted octanol–water partition coefficient (Wildman–Crippen LogP) is 2.48. The molecule has 2 aromatic carbocycles. The molecule has 0 spiro atoms. The molecule has 0 heterocycles. The second-order valence-electron chi connectivity index (χ2n) is 6.29. The second kappa shape index (κ2) is 8.85. The fraction of sp³-hybridized carbons (Fsp3) is 0.316. The van der Waals surface area contributed by atoms with Gasteiger partial charge in [0.05, 0.1) is 18.0 Å². The minimum absolute atomic E-state index is 0.220. The Morgan fingerprint density at radius 1 is 1.19 bits per heavy atom. The number of ether oxygens (including phenoxy) is 1. The van der Waals surface area contributed by atoms with Crippen molar-refractivity contribution in [1.29, 1.82) is 0 Å². The Morgan fingerprint density at radius 3 is 2.41 bits per heavy atom. The molecular formula is C19H23FN2O4S. The van der Waals surface area contributed by atoms with E-state index in [1.807, 2.05) is 31.2 Å². The summed E-state index contributed by atoms with van der Waals surface area (Å²) < 4.78 is 43.7. The van der Waals surface area contributed by atoms with E-state index in [9.17, 15) is 17.6 Å². The molecule has 6 nitrogen and oxygen atoms in total. The number of benzene rings is 2. The standard InChI is InChI=1S/C19H23FN2O4S/c1-14-6-4-5-7-18(14)26-13-15(2)21-19(23)12-22(27(3,24)25)17-10-8-16(20)9-11-17/h4-11,15H,12-13H2,1-3H3,(H,21,23)/t15-/m1/s1. The number of sulfonamides is 1. The zero-order valence-corrected chi connectivity index (χ0v) is 16.3. The summed E-state index contributed by atoms with van der Waals surface area (Å²) in [5, 5.41) is 2.71. The summed E-state index contributed by atoms with van der Waals surface area (Å²) in [7, 11) is -3.70. The molecule has 0 aliphatic carbocycles. The lowest BCUT2D eigenvalue weighted by Gasteiger charge is -2.23. The van der Waals surface area contributed by atoms with E-state index in [2.05, 4.69) is 5.32 Å². The molecule has 0 radical (unpaired) electrons. The van der Waals surface area contributed by atoms with Gasteiger partial charge in [0.1, 0.15) is 24.7 Å². The number of amides is 1. The van der Waals surface area contributed by atoms with Crippen molar-refractivity contribution in [3.8, 4) is 5.75 Å². The summed E-state index contributed by atoms with van der Waals surface area (Å²) in [5.41, 5.74) is 1.20. The molecule has 0 fully saturated rings. The highest BCUT2D eigenvalue weighted by atomic mass is 32.2. The van der Waals surface area contributed by atoms with Crippen LogP contribution in [-0.4, -0.2) is 39.8 Å². The average molecular weight is 394 g/mol. The second-order valence-corrected chi connectivity index (χ2v) is 8.20. The van der Waals surface area contributed by atoms with Gasteiger partial charge in [0.15, 0.2) is 0 Å². The van der Waals surface area contributed by atoms with E-state index in [1.54, 1.807) is 6.92 Å². The zero-order valence-electron chi connectivity index (χ0n) is 15.5. The third-order valence-corrected chi connectivity index (χ3v) is 4.93. The first-order valence-electron chi connectivity index (χ1n) is 8.38. The third kappa shape index (κ3) is 6.25. The molecule has 2 aromatic rings. The summed E-state index contributed by atoms with van der Waals surface area (Å²) in [6, 6.07) is 12.1. The fourth-order valence-electron chi connectivity index (χ4n) is 2.43. The smallest absolute Gasteiger partial charge is 0.241 e. The van der Waals surface area contributed by atoms with E-state index in [1.165, 1.54) is 12.1 Å². The lowest BCUT2D eigenvalue weighted by atomic mass is 10.2. The van der Waals surface area contributed by atoms with Crippen LogP contribution in [0.1, 0.15) is 12.5 Å². The molecule has 1 N–H and O–H groups in total. The molecule has 146 valence electrons. The zero-order chi connectivity index (χ0) is 20.0. The summed E-state index contributed by atoms with van der Waals surface area (Å²) in [6.07, 6.45) is 0.994. The van der Waals surface area contributed by atoms with Crippen LogP contribution in [0.4, 0.5) is 10.1 Å². The molecule has 0 bridgehead atoms. The first kappa shape index (κ1) is 20.7. The minimum Gasteiger partial charge on any atom is -0.491 e. The molecule has 27 heavy (non-hydrogen) atoms. The number of nitrogens with one attached hydrogen (secondary N) is 1. The van der Waals surface area contributed by atoms with E-state index in [0.29, 0.717) is 0 Å². The highest BCUT2D eigenvalue weighted by molar-refractivity contribution is 7.92. The summed E-state index contributed by atoms with van der Waals surface area (Å²) in [6.45, 7) is 3.52. The van der Waals surface area contributed by atoms with Crippen molar-refractivity contribution in [1.82, 2.24) is 5.32 Å². The van der Waals surface area contributed by atoms with Crippen molar-refractivity contribution in [3.05, 3.63) is 59.9 Å². The van der Waals surface area contributed by atoms with Crippen LogP contribution < -0.4 is 14.4 Å². The number of nitrogens with zero attached hydrogens (tertiary/aromatic N) is 1. The van der Waals surface area contributed by atoms with Crippen LogP contribution in [-0.2, 0) is 14.8 Å². The van der Waals surface area contributed by atoms with Crippen molar-refractivity contribution >= 4 is 21.6 Å². The first-order chi connectivity index (χ1) is 12.7. The Morgan fingerprint density at radius 2 is 1.81 bits per heavy atom. The molecular weight excluding hydrogens is 371 g/mol. The average Bonchev–Trinajstić information content (AvgIpc) is 2.59.